The summed E-state index contributed by atoms with van der Waals surface area (Å²) in [7, 11) is 0. The number of aromatic nitrogens is 1. The molecule has 1 fully saturated rings. The van der Waals surface area contributed by atoms with Crippen molar-refractivity contribution >= 4 is 0 Å². The van der Waals surface area contributed by atoms with Gasteiger partial charge < -0.3 is 15.4 Å². The molecule has 2 heterocycles. The van der Waals surface area contributed by atoms with Crippen LogP contribution in [-0.4, -0.2) is 42.2 Å². The molecule has 4 nitrogen and oxygen atoms in total. The van der Waals surface area contributed by atoms with Crippen molar-refractivity contribution in [2.45, 2.75) is 19.4 Å². The highest BCUT2D eigenvalue weighted by Crippen LogP contribution is 2.19. The van der Waals surface area contributed by atoms with Crippen molar-refractivity contribution in [3.05, 3.63) is 24.5 Å². The van der Waals surface area contributed by atoms with Crippen molar-refractivity contribution in [1.29, 1.82) is 0 Å². The molecule has 94 valence electrons. The van der Waals surface area contributed by atoms with Crippen LogP contribution in [0.3, 0.4) is 0 Å². The number of nitrogens with two attached hydrogens (primary N) is 1. The molecule has 2 atom stereocenters. The number of nitrogens with zero attached hydrogens (tertiary/aromatic N) is 2. The minimum absolute atomic E-state index is 0.117. The average Bonchev–Trinajstić information content (AvgIpc) is 2.86. The average molecular weight is 235 g/mol. The van der Waals surface area contributed by atoms with Crippen molar-refractivity contribution in [2.24, 2.45) is 11.7 Å². The van der Waals surface area contributed by atoms with E-state index >= 15 is 0 Å². The summed E-state index contributed by atoms with van der Waals surface area (Å²) in [6.07, 6.45) is 4.65. The molecule has 0 radical (unpaired) electrons. The molecule has 0 bridgehead atoms. The van der Waals surface area contributed by atoms with E-state index < -0.39 is 0 Å². The highest BCUT2D eigenvalue weighted by Gasteiger charge is 2.26. The molecule has 17 heavy (non-hydrogen) atoms. The second kappa shape index (κ2) is 5.98. The largest absolute Gasteiger partial charge is 0.490 e. The summed E-state index contributed by atoms with van der Waals surface area (Å²) < 4.78 is 5.64. The van der Waals surface area contributed by atoms with E-state index in [1.807, 2.05) is 12.1 Å². The number of likely N-dealkylation sites (tertiary alicyclic amines) is 1. The van der Waals surface area contributed by atoms with Gasteiger partial charge in [0, 0.05) is 18.8 Å². The van der Waals surface area contributed by atoms with Gasteiger partial charge in [0.2, 0.25) is 0 Å². The molecule has 0 amide bonds. The van der Waals surface area contributed by atoms with Crippen molar-refractivity contribution in [2.75, 3.05) is 26.2 Å². The van der Waals surface area contributed by atoms with Crippen molar-refractivity contribution in [3.8, 4) is 5.75 Å². The fourth-order valence-electron chi connectivity index (χ4n) is 2.26. The molecule has 0 spiro atoms. The Balaban J connectivity index is 1.76. The monoisotopic (exact) mass is 235 g/mol. The summed E-state index contributed by atoms with van der Waals surface area (Å²) in [5.74, 6) is 1.36. The minimum atomic E-state index is 0.117. The highest BCUT2D eigenvalue weighted by atomic mass is 16.5. The van der Waals surface area contributed by atoms with E-state index in [1.54, 1.807) is 12.4 Å². The summed E-state index contributed by atoms with van der Waals surface area (Å²) in [6, 6.07) is 3.90. The molecule has 0 aromatic carbocycles. The second-order valence-electron chi connectivity index (χ2n) is 4.61. The number of hydrogen-bond acceptors (Lipinski definition) is 4. The normalized spacial score (nSPS) is 22.6. The third-order valence-electron chi connectivity index (χ3n) is 3.44. The van der Waals surface area contributed by atoms with Crippen molar-refractivity contribution in [3.63, 3.8) is 0 Å². The van der Waals surface area contributed by atoms with Crippen LogP contribution < -0.4 is 10.5 Å². The maximum absolute atomic E-state index is 6.17. The van der Waals surface area contributed by atoms with Crippen LogP contribution in [0.15, 0.2) is 24.5 Å². The van der Waals surface area contributed by atoms with Gasteiger partial charge in [-0.25, -0.2) is 0 Å². The molecule has 1 aliphatic heterocycles. The topological polar surface area (TPSA) is 51.4 Å². The summed E-state index contributed by atoms with van der Waals surface area (Å²) >= 11 is 0. The molecule has 1 aromatic heterocycles. The quantitative estimate of drug-likeness (QED) is 0.831. The zero-order valence-corrected chi connectivity index (χ0v) is 10.4. The van der Waals surface area contributed by atoms with Crippen LogP contribution in [0, 0.1) is 5.92 Å². The van der Waals surface area contributed by atoms with Gasteiger partial charge in [0.05, 0.1) is 6.20 Å². The highest BCUT2D eigenvalue weighted by molar-refractivity contribution is 5.15. The Morgan fingerprint density at radius 2 is 2.53 bits per heavy atom. The van der Waals surface area contributed by atoms with E-state index in [0.29, 0.717) is 12.5 Å². The predicted octanol–water partition coefficient (Wildman–Crippen LogP) is 1.13. The lowest BCUT2D eigenvalue weighted by Crippen LogP contribution is -2.37. The third kappa shape index (κ3) is 3.41. The van der Waals surface area contributed by atoms with Crippen LogP contribution in [-0.2, 0) is 0 Å². The molecular weight excluding hydrogens is 214 g/mol. The Hall–Kier alpha value is -1.13. The molecule has 4 heteroatoms. The number of hydrogen-bond donors (Lipinski definition) is 1. The summed E-state index contributed by atoms with van der Waals surface area (Å²) in [6.45, 7) is 6.16. The van der Waals surface area contributed by atoms with Gasteiger partial charge in [0.25, 0.3) is 0 Å². The first-order valence-corrected chi connectivity index (χ1v) is 6.30. The molecule has 1 saturated heterocycles. The molecule has 2 N–H and O–H groups in total. The molecule has 1 aromatic rings. The van der Waals surface area contributed by atoms with Gasteiger partial charge in [-0.3, -0.25) is 4.98 Å². The Morgan fingerprint density at radius 1 is 1.65 bits per heavy atom. The third-order valence-corrected chi connectivity index (χ3v) is 3.44. The van der Waals surface area contributed by atoms with Gasteiger partial charge in [0.15, 0.2) is 0 Å². The SMILES string of the molecule is CCN1CCC(C(N)COc2cccnc2)C1. The Kier molecular flexibility index (Phi) is 4.34. The molecule has 0 saturated carbocycles. The fraction of sp³-hybridized carbons (Fsp3) is 0.615. The smallest absolute Gasteiger partial charge is 0.137 e. The van der Waals surface area contributed by atoms with Gasteiger partial charge in [0.1, 0.15) is 12.4 Å². The first kappa shape index (κ1) is 12.3. The first-order valence-electron chi connectivity index (χ1n) is 6.30. The van der Waals surface area contributed by atoms with E-state index in [4.69, 9.17) is 10.5 Å². The van der Waals surface area contributed by atoms with Gasteiger partial charge in [-0.05, 0) is 37.6 Å². The van der Waals surface area contributed by atoms with E-state index in [9.17, 15) is 0 Å². The van der Waals surface area contributed by atoms with Crippen LogP contribution >= 0.6 is 0 Å². The van der Waals surface area contributed by atoms with E-state index in [-0.39, 0.29) is 6.04 Å². The molecular formula is C13H21N3O. The number of pyridine rings is 1. The summed E-state index contributed by atoms with van der Waals surface area (Å²) in [5, 5.41) is 0. The lowest BCUT2D eigenvalue weighted by atomic mass is 10.0. The van der Waals surface area contributed by atoms with Gasteiger partial charge in [-0.15, -0.1) is 0 Å². The minimum Gasteiger partial charge on any atom is -0.490 e. The number of ether oxygens (including phenoxy) is 1. The number of rotatable bonds is 5. The molecule has 1 aliphatic rings. The molecule has 2 unspecified atom stereocenters. The van der Waals surface area contributed by atoms with E-state index in [0.717, 1.165) is 18.8 Å². The van der Waals surface area contributed by atoms with Crippen molar-refractivity contribution < 1.29 is 4.74 Å². The van der Waals surface area contributed by atoms with E-state index in [2.05, 4.69) is 16.8 Å². The standard InChI is InChI=1S/C13H21N3O/c1-2-16-7-5-11(9-16)13(14)10-17-12-4-3-6-15-8-12/h3-4,6,8,11,13H,2,5,7,9-10,14H2,1H3. The summed E-state index contributed by atoms with van der Waals surface area (Å²) in [4.78, 5) is 6.45. The van der Waals surface area contributed by atoms with Crippen LogP contribution in [0.4, 0.5) is 0 Å². The maximum atomic E-state index is 6.17. The zero-order chi connectivity index (χ0) is 12.1. The predicted molar refractivity (Wildman–Crippen MR) is 67.9 cm³/mol. The van der Waals surface area contributed by atoms with Gasteiger partial charge in [-0.1, -0.05) is 6.92 Å². The molecule has 2 rings (SSSR count). The van der Waals surface area contributed by atoms with Crippen LogP contribution in [0.5, 0.6) is 5.75 Å². The van der Waals surface area contributed by atoms with Crippen LogP contribution in [0.1, 0.15) is 13.3 Å². The maximum Gasteiger partial charge on any atom is 0.137 e. The van der Waals surface area contributed by atoms with Gasteiger partial charge in [-0.2, -0.15) is 0 Å². The van der Waals surface area contributed by atoms with Crippen LogP contribution in [0.25, 0.3) is 0 Å². The van der Waals surface area contributed by atoms with Crippen molar-refractivity contribution in [1.82, 2.24) is 9.88 Å². The lowest BCUT2D eigenvalue weighted by molar-refractivity contribution is 0.240. The lowest BCUT2D eigenvalue weighted by Gasteiger charge is -2.20. The Bertz CT molecular complexity index is 331. The fourth-order valence-corrected chi connectivity index (χ4v) is 2.26. The Morgan fingerprint density at radius 3 is 3.18 bits per heavy atom. The first-order chi connectivity index (χ1) is 8.29. The Labute approximate surface area is 103 Å². The van der Waals surface area contributed by atoms with Gasteiger partial charge >= 0.3 is 0 Å². The zero-order valence-electron chi connectivity index (χ0n) is 10.4. The molecule has 0 aliphatic carbocycles. The van der Waals surface area contributed by atoms with E-state index in [1.165, 1.54) is 13.0 Å². The summed E-state index contributed by atoms with van der Waals surface area (Å²) in [5.41, 5.74) is 6.17. The second-order valence-corrected chi connectivity index (χ2v) is 4.61. The van der Waals surface area contributed by atoms with Crippen LogP contribution in [0.2, 0.25) is 0 Å².